The molecule has 0 radical (unpaired) electrons. The van der Waals surface area contributed by atoms with Crippen LogP contribution >= 0.6 is 0 Å². The highest BCUT2D eigenvalue weighted by Gasteiger charge is 2.27. The van der Waals surface area contributed by atoms with Gasteiger partial charge in [-0.1, -0.05) is 13.8 Å². The predicted molar refractivity (Wildman–Crippen MR) is 39.9 cm³/mol. The Morgan fingerprint density at radius 1 is 1.33 bits per heavy atom. The minimum Gasteiger partial charge on any atom is -0.120 e. The molecule has 0 bridgehead atoms. The van der Waals surface area contributed by atoms with E-state index in [2.05, 4.69) is 19.8 Å². The highest BCUT2D eigenvalue weighted by Crippen LogP contribution is 2.35. The molecule has 0 heteroatoms. The van der Waals surface area contributed by atoms with E-state index in [-0.39, 0.29) is 0 Å². The summed E-state index contributed by atoms with van der Waals surface area (Å²) in [5.74, 6) is 5.03. The standard InChI is InChI=1S/C9H14/c1-4-9-6-5-7(2)8(9)3/h1,7-9H,5-6H2,2-3H3. The molecular weight excluding hydrogens is 108 g/mol. The first-order valence-electron chi connectivity index (χ1n) is 3.72. The van der Waals surface area contributed by atoms with Crippen LogP contribution in [0.5, 0.6) is 0 Å². The van der Waals surface area contributed by atoms with Crippen molar-refractivity contribution in [1.29, 1.82) is 0 Å². The van der Waals surface area contributed by atoms with Gasteiger partial charge in [0.1, 0.15) is 0 Å². The van der Waals surface area contributed by atoms with Gasteiger partial charge in [-0.15, -0.1) is 12.3 Å². The van der Waals surface area contributed by atoms with Gasteiger partial charge in [0.2, 0.25) is 0 Å². The first kappa shape index (κ1) is 6.68. The Bertz CT molecular complexity index is 129. The highest BCUT2D eigenvalue weighted by molar-refractivity contribution is 4.99. The van der Waals surface area contributed by atoms with Crippen LogP contribution in [0.15, 0.2) is 0 Å². The summed E-state index contributed by atoms with van der Waals surface area (Å²) in [6.07, 6.45) is 7.91. The molecule has 50 valence electrons. The molecule has 0 aliphatic heterocycles. The topological polar surface area (TPSA) is 0 Å². The Kier molecular flexibility index (Phi) is 1.81. The van der Waals surface area contributed by atoms with E-state index in [1.54, 1.807) is 0 Å². The van der Waals surface area contributed by atoms with Crippen molar-refractivity contribution >= 4 is 0 Å². The molecule has 1 saturated carbocycles. The van der Waals surface area contributed by atoms with Crippen LogP contribution in [0, 0.1) is 30.1 Å². The highest BCUT2D eigenvalue weighted by atomic mass is 14.3. The number of rotatable bonds is 0. The molecule has 3 atom stereocenters. The summed E-state index contributed by atoms with van der Waals surface area (Å²) in [5, 5.41) is 0. The molecule has 1 fully saturated rings. The lowest BCUT2D eigenvalue weighted by Crippen LogP contribution is -2.05. The Balaban J connectivity index is 2.54. The van der Waals surface area contributed by atoms with E-state index in [9.17, 15) is 0 Å². The quantitative estimate of drug-likeness (QED) is 0.432. The minimum atomic E-state index is 0.569. The molecule has 0 aromatic carbocycles. The van der Waals surface area contributed by atoms with Gasteiger partial charge in [-0.2, -0.15) is 0 Å². The third-order valence-electron chi connectivity index (χ3n) is 2.68. The van der Waals surface area contributed by atoms with Crippen LogP contribution in [0.25, 0.3) is 0 Å². The molecular formula is C9H14. The SMILES string of the molecule is C#CC1CCC(C)C1C. The molecule has 1 aliphatic carbocycles. The van der Waals surface area contributed by atoms with Crippen LogP contribution in [0.4, 0.5) is 0 Å². The van der Waals surface area contributed by atoms with Gasteiger partial charge in [-0.05, 0) is 24.7 Å². The van der Waals surface area contributed by atoms with Crippen molar-refractivity contribution in [3.63, 3.8) is 0 Å². The van der Waals surface area contributed by atoms with Gasteiger partial charge in [-0.3, -0.25) is 0 Å². The zero-order valence-corrected chi connectivity index (χ0v) is 6.22. The smallest absolute Gasteiger partial charge is 0.0228 e. The molecule has 0 nitrogen and oxygen atoms in total. The van der Waals surface area contributed by atoms with E-state index in [0.29, 0.717) is 5.92 Å². The van der Waals surface area contributed by atoms with Crippen LogP contribution in [0.3, 0.4) is 0 Å². The summed E-state index contributed by atoms with van der Waals surface area (Å²) in [7, 11) is 0. The Morgan fingerprint density at radius 3 is 2.22 bits per heavy atom. The van der Waals surface area contributed by atoms with Gasteiger partial charge in [0.05, 0.1) is 0 Å². The molecule has 0 saturated heterocycles. The van der Waals surface area contributed by atoms with Crippen LogP contribution in [0.2, 0.25) is 0 Å². The molecule has 1 rings (SSSR count). The lowest BCUT2D eigenvalue weighted by molar-refractivity contribution is 0.414. The fraction of sp³-hybridized carbons (Fsp3) is 0.778. The first-order chi connectivity index (χ1) is 4.25. The Morgan fingerprint density at radius 2 is 2.00 bits per heavy atom. The average molecular weight is 122 g/mol. The van der Waals surface area contributed by atoms with E-state index in [4.69, 9.17) is 6.42 Å². The van der Waals surface area contributed by atoms with Crippen molar-refractivity contribution in [2.45, 2.75) is 26.7 Å². The third-order valence-corrected chi connectivity index (χ3v) is 2.68. The first-order valence-corrected chi connectivity index (χ1v) is 3.72. The number of terminal acetylenes is 1. The van der Waals surface area contributed by atoms with Crippen molar-refractivity contribution in [3.05, 3.63) is 0 Å². The molecule has 0 heterocycles. The molecule has 0 aromatic heterocycles. The van der Waals surface area contributed by atoms with Gasteiger partial charge >= 0.3 is 0 Å². The molecule has 9 heavy (non-hydrogen) atoms. The Hall–Kier alpha value is -0.440. The molecule has 1 aliphatic rings. The number of hydrogen-bond acceptors (Lipinski definition) is 0. The lowest BCUT2D eigenvalue weighted by Gasteiger charge is -2.11. The van der Waals surface area contributed by atoms with Crippen LogP contribution in [0.1, 0.15) is 26.7 Å². The largest absolute Gasteiger partial charge is 0.120 e. The van der Waals surface area contributed by atoms with Crippen LogP contribution in [-0.2, 0) is 0 Å². The van der Waals surface area contributed by atoms with Crippen molar-refractivity contribution in [1.82, 2.24) is 0 Å². The summed E-state index contributed by atoms with van der Waals surface area (Å²) in [5.41, 5.74) is 0. The predicted octanol–water partition coefficient (Wildman–Crippen LogP) is 2.30. The van der Waals surface area contributed by atoms with Crippen LogP contribution < -0.4 is 0 Å². The van der Waals surface area contributed by atoms with E-state index in [1.165, 1.54) is 12.8 Å². The molecule has 3 unspecified atom stereocenters. The van der Waals surface area contributed by atoms with Gasteiger partial charge in [0.25, 0.3) is 0 Å². The van der Waals surface area contributed by atoms with E-state index in [0.717, 1.165) is 11.8 Å². The molecule has 0 N–H and O–H groups in total. The van der Waals surface area contributed by atoms with E-state index < -0.39 is 0 Å². The van der Waals surface area contributed by atoms with Gasteiger partial charge in [-0.25, -0.2) is 0 Å². The normalized spacial score (nSPS) is 42.6. The van der Waals surface area contributed by atoms with Crippen molar-refractivity contribution in [3.8, 4) is 12.3 Å². The summed E-state index contributed by atoms with van der Waals surface area (Å²) < 4.78 is 0. The maximum absolute atomic E-state index is 5.34. The minimum absolute atomic E-state index is 0.569. The lowest BCUT2D eigenvalue weighted by atomic mass is 9.93. The second-order valence-corrected chi connectivity index (χ2v) is 3.19. The Labute approximate surface area is 57.7 Å². The zero-order valence-electron chi connectivity index (χ0n) is 6.22. The summed E-state index contributed by atoms with van der Waals surface area (Å²) >= 11 is 0. The average Bonchev–Trinajstić information content (AvgIpc) is 2.15. The van der Waals surface area contributed by atoms with Crippen molar-refractivity contribution < 1.29 is 0 Å². The third kappa shape index (κ3) is 1.10. The molecule has 0 amide bonds. The van der Waals surface area contributed by atoms with Gasteiger partial charge < -0.3 is 0 Å². The van der Waals surface area contributed by atoms with Crippen LogP contribution in [-0.4, -0.2) is 0 Å². The van der Waals surface area contributed by atoms with E-state index >= 15 is 0 Å². The maximum Gasteiger partial charge on any atom is 0.0228 e. The van der Waals surface area contributed by atoms with Gasteiger partial charge in [0, 0.05) is 5.92 Å². The van der Waals surface area contributed by atoms with Crippen molar-refractivity contribution in [2.24, 2.45) is 17.8 Å². The van der Waals surface area contributed by atoms with E-state index in [1.807, 2.05) is 0 Å². The number of hydrogen-bond donors (Lipinski definition) is 0. The maximum atomic E-state index is 5.34. The fourth-order valence-electron chi connectivity index (χ4n) is 1.60. The second kappa shape index (κ2) is 2.43. The van der Waals surface area contributed by atoms with Gasteiger partial charge in [0.15, 0.2) is 0 Å². The molecule has 0 aromatic rings. The zero-order chi connectivity index (χ0) is 6.85. The monoisotopic (exact) mass is 122 g/mol. The summed E-state index contributed by atoms with van der Waals surface area (Å²) in [6.45, 7) is 4.56. The summed E-state index contributed by atoms with van der Waals surface area (Å²) in [6, 6.07) is 0. The fourth-order valence-corrected chi connectivity index (χ4v) is 1.60. The summed E-state index contributed by atoms with van der Waals surface area (Å²) in [4.78, 5) is 0. The van der Waals surface area contributed by atoms with Crippen molar-refractivity contribution in [2.75, 3.05) is 0 Å². The molecule has 0 spiro atoms. The second-order valence-electron chi connectivity index (χ2n) is 3.19.